The zero-order chi connectivity index (χ0) is 16.2. The zero-order valence-electron chi connectivity index (χ0n) is 13.2. The number of nitrogens with one attached hydrogen (secondary N) is 1. The quantitative estimate of drug-likeness (QED) is 0.916. The van der Waals surface area contributed by atoms with Crippen molar-refractivity contribution >= 4 is 11.6 Å². The molecule has 0 saturated heterocycles. The molecule has 0 aliphatic rings. The highest BCUT2D eigenvalue weighted by Gasteiger charge is 2.13. The van der Waals surface area contributed by atoms with E-state index in [-0.39, 0.29) is 11.3 Å². The number of nitriles is 1. The van der Waals surface area contributed by atoms with E-state index in [1.54, 1.807) is 24.3 Å². The van der Waals surface area contributed by atoms with Gasteiger partial charge in [0.15, 0.2) is 0 Å². The van der Waals surface area contributed by atoms with Crippen molar-refractivity contribution in [1.82, 2.24) is 0 Å². The molecule has 2 aromatic rings. The van der Waals surface area contributed by atoms with E-state index in [0.717, 1.165) is 11.3 Å². The van der Waals surface area contributed by atoms with Crippen molar-refractivity contribution in [2.24, 2.45) is 0 Å². The number of hydrogen-bond acceptors (Lipinski definition) is 2. The first-order valence-electron chi connectivity index (χ1n) is 7.28. The summed E-state index contributed by atoms with van der Waals surface area (Å²) in [6.07, 6.45) is 0.357. The van der Waals surface area contributed by atoms with E-state index < -0.39 is 0 Å². The van der Waals surface area contributed by atoms with Gasteiger partial charge in [-0.3, -0.25) is 4.79 Å². The summed E-state index contributed by atoms with van der Waals surface area (Å²) in [5.74, 6) is -0.146. The summed E-state index contributed by atoms with van der Waals surface area (Å²) in [6, 6.07) is 17.1. The van der Waals surface area contributed by atoms with Crippen molar-refractivity contribution in [2.75, 3.05) is 5.32 Å². The molecule has 22 heavy (non-hydrogen) atoms. The maximum atomic E-state index is 12.2. The third kappa shape index (κ3) is 3.95. The fourth-order valence-electron chi connectivity index (χ4n) is 2.12. The minimum atomic E-state index is -0.146. The van der Waals surface area contributed by atoms with E-state index in [9.17, 15) is 4.79 Å². The van der Waals surface area contributed by atoms with E-state index >= 15 is 0 Å². The Morgan fingerprint density at radius 3 is 2.14 bits per heavy atom. The maximum absolute atomic E-state index is 12.2. The lowest BCUT2D eigenvalue weighted by Gasteiger charge is -2.19. The van der Waals surface area contributed by atoms with Crippen LogP contribution in [0.4, 0.5) is 5.69 Å². The molecule has 1 amide bonds. The molecule has 0 heterocycles. The lowest BCUT2D eigenvalue weighted by molar-refractivity contribution is 0.102. The second kappa shape index (κ2) is 6.44. The molecule has 0 spiro atoms. The third-order valence-corrected chi connectivity index (χ3v) is 3.51. The van der Waals surface area contributed by atoms with Crippen LogP contribution in [0.25, 0.3) is 0 Å². The summed E-state index contributed by atoms with van der Waals surface area (Å²) in [7, 11) is 0. The first-order chi connectivity index (χ1) is 10.4. The standard InChI is InChI=1S/C19H20N2O/c1-19(2,3)16-8-10-17(11-9-16)21-18(22)15-6-4-14(5-7-15)12-13-20/h4-11H,12H2,1-3H3,(H,21,22). The Labute approximate surface area is 131 Å². The number of carbonyl (C=O) groups is 1. The minimum absolute atomic E-state index is 0.0963. The highest BCUT2D eigenvalue weighted by atomic mass is 16.1. The molecule has 2 aromatic carbocycles. The highest BCUT2D eigenvalue weighted by molar-refractivity contribution is 6.04. The highest BCUT2D eigenvalue weighted by Crippen LogP contribution is 2.23. The second-order valence-corrected chi connectivity index (χ2v) is 6.31. The van der Waals surface area contributed by atoms with Gasteiger partial charge in [0, 0.05) is 11.3 Å². The Kier molecular flexibility index (Phi) is 4.62. The Hall–Kier alpha value is -2.60. The molecule has 0 radical (unpaired) electrons. The van der Waals surface area contributed by atoms with Crippen LogP contribution in [0.2, 0.25) is 0 Å². The molecule has 1 N–H and O–H groups in total. The summed E-state index contributed by atoms with van der Waals surface area (Å²) in [5.41, 5.74) is 3.60. The predicted molar refractivity (Wildman–Crippen MR) is 88.9 cm³/mol. The van der Waals surface area contributed by atoms with Gasteiger partial charge in [-0.2, -0.15) is 5.26 Å². The number of nitrogens with zero attached hydrogens (tertiary/aromatic N) is 1. The molecule has 0 fully saturated rings. The summed E-state index contributed by atoms with van der Waals surface area (Å²) in [6.45, 7) is 6.47. The van der Waals surface area contributed by atoms with Crippen LogP contribution in [-0.4, -0.2) is 5.91 Å². The summed E-state index contributed by atoms with van der Waals surface area (Å²) < 4.78 is 0. The first kappa shape index (κ1) is 15.8. The van der Waals surface area contributed by atoms with E-state index in [1.165, 1.54) is 5.56 Å². The van der Waals surface area contributed by atoms with Crippen LogP contribution in [0.3, 0.4) is 0 Å². The monoisotopic (exact) mass is 292 g/mol. The topological polar surface area (TPSA) is 52.9 Å². The van der Waals surface area contributed by atoms with Crippen molar-refractivity contribution in [2.45, 2.75) is 32.6 Å². The molecule has 0 aromatic heterocycles. The Morgan fingerprint density at radius 1 is 1.05 bits per heavy atom. The minimum Gasteiger partial charge on any atom is -0.322 e. The van der Waals surface area contributed by atoms with Crippen LogP contribution in [0.15, 0.2) is 48.5 Å². The molecular formula is C19H20N2O. The molecule has 3 nitrogen and oxygen atoms in total. The molecular weight excluding hydrogens is 272 g/mol. The van der Waals surface area contributed by atoms with Gasteiger partial charge < -0.3 is 5.32 Å². The van der Waals surface area contributed by atoms with E-state index in [2.05, 4.69) is 32.2 Å². The number of hydrogen-bond donors (Lipinski definition) is 1. The maximum Gasteiger partial charge on any atom is 0.255 e. The van der Waals surface area contributed by atoms with E-state index in [4.69, 9.17) is 5.26 Å². The molecule has 112 valence electrons. The van der Waals surface area contributed by atoms with Gasteiger partial charge in [0.1, 0.15) is 0 Å². The van der Waals surface area contributed by atoms with Crippen molar-refractivity contribution in [1.29, 1.82) is 5.26 Å². The fraction of sp³-hybridized carbons (Fsp3) is 0.263. The predicted octanol–water partition coefficient (Wildman–Crippen LogP) is 4.30. The molecule has 0 unspecified atom stereocenters. The molecule has 0 aliphatic heterocycles. The molecule has 0 saturated carbocycles. The average molecular weight is 292 g/mol. The normalized spacial score (nSPS) is 10.8. The zero-order valence-corrected chi connectivity index (χ0v) is 13.2. The Balaban J connectivity index is 2.07. The van der Waals surface area contributed by atoms with Crippen molar-refractivity contribution in [3.63, 3.8) is 0 Å². The van der Waals surface area contributed by atoms with Crippen LogP contribution in [0.5, 0.6) is 0 Å². The van der Waals surface area contributed by atoms with Crippen LogP contribution in [0.1, 0.15) is 42.3 Å². The van der Waals surface area contributed by atoms with Crippen molar-refractivity contribution in [3.05, 3.63) is 65.2 Å². The summed E-state index contributed by atoms with van der Waals surface area (Å²) >= 11 is 0. The fourth-order valence-corrected chi connectivity index (χ4v) is 2.12. The lowest BCUT2D eigenvalue weighted by atomic mass is 9.87. The van der Waals surface area contributed by atoms with Gasteiger partial charge in [-0.1, -0.05) is 45.0 Å². The van der Waals surface area contributed by atoms with Gasteiger partial charge in [0.2, 0.25) is 0 Å². The van der Waals surface area contributed by atoms with Crippen molar-refractivity contribution < 1.29 is 4.79 Å². The van der Waals surface area contributed by atoms with E-state index in [1.807, 2.05) is 24.3 Å². The molecule has 3 heteroatoms. The number of rotatable bonds is 3. The summed E-state index contributed by atoms with van der Waals surface area (Å²) in [4.78, 5) is 12.2. The second-order valence-electron chi connectivity index (χ2n) is 6.31. The average Bonchev–Trinajstić information content (AvgIpc) is 2.48. The summed E-state index contributed by atoms with van der Waals surface area (Å²) in [5, 5.41) is 11.5. The van der Waals surface area contributed by atoms with Gasteiger partial charge in [-0.25, -0.2) is 0 Å². The van der Waals surface area contributed by atoms with Gasteiger partial charge in [-0.05, 0) is 40.8 Å². The Bertz CT molecular complexity index is 686. The van der Waals surface area contributed by atoms with Crippen LogP contribution < -0.4 is 5.32 Å². The lowest BCUT2D eigenvalue weighted by Crippen LogP contribution is -2.13. The van der Waals surface area contributed by atoms with Gasteiger partial charge >= 0.3 is 0 Å². The van der Waals surface area contributed by atoms with Crippen LogP contribution >= 0.6 is 0 Å². The third-order valence-electron chi connectivity index (χ3n) is 3.51. The smallest absolute Gasteiger partial charge is 0.255 e. The first-order valence-corrected chi connectivity index (χ1v) is 7.28. The molecule has 0 bridgehead atoms. The number of benzene rings is 2. The number of anilines is 1. The Morgan fingerprint density at radius 2 is 1.64 bits per heavy atom. The van der Waals surface area contributed by atoms with Gasteiger partial charge in [0.05, 0.1) is 12.5 Å². The van der Waals surface area contributed by atoms with Crippen LogP contribution in [-0.2, 0) is 11.8 Å². The van der Waals surface area contributed by atoms with Gasteiger partial charge in [-0.15, -0.1) is 0 Å². The van der Waals surface area contributed by atoms with E-state index in [0.29, 0.717) is 12.0 Å². The van der Waals surface area contributed by atoms with Crippen molar-refractivity contribution in [3.8, 4) is 6.07 Å². The number of amides is 1. The molecule has 0 aliphatic carbocycles. The largest absolute Gasteiger partial charge is 0.322 e. The molecule has 2 rings (SSSR count). The number of carbonyl (C=O) groups excluding carboxylic acids is 1. The van der Waals surface area contributed by atoms with Crippen LogP contribution in [0, 0.1) is 11.3 Å². The SMILES string of the molecule is CC(C)(C)c1ccc(NC(=O)c2ccc(CC#N)cc2)cc1. The molecule has 0 atom stereocenters. The van der Waals surface area contributed by atoms with Gasteiger partial charge in [0.25, 0.3) is 5.91 Å².